The Balaban J connectivity index is 1.84. The number of hydrogen-bond donors (Lipinski definition) is 1. The summed E-state index contributed by atoms with van der Waals surface area (Å²) < 4.78 is 10.8. The van der Waals surface area contributed by atoms with Crippen molar-refractivity contribution in [3.63, 3.8) is 0 Å². The van der Waals surface area contributed by atoms with Crippen molar-refractivity contribution >= 4 is 5.91 Å². The molecule has 1 amide bonds. The molecule has 0 bridgehead atoms. The molecule has 1 aliphatic heterocycles. The van der Waals surface area contributed by atoms with Gasteiger partial charge in [-0.2, -0.15) is 0 Å². The summed E-state index contributed by atoms with van der Waals surface area (Å²) in [5.41, 5.74) is 1.09. The van der Waals surface area contributed by atoms with Crippen LogP contribution in [-0.4, -0.2) is 54.9 Å². The summed E-state index contributed by atoms with van der Waals surface area (Å²) in [5.74, 6) is 0.614. The number of amides is 1. The summed E-state index contributed by atoms with van der Waals surface area (Å²) in [6.07, 6.45) is -0.281. The lowest BCUT2D eigenvalue weighted by atomic mass is 10.2. The number of nitrogens with zero attached hydrogens (tertiary/aromatic N) is 1. The van der Waals surface area contributed by atoms with Gasteiger partial charge in [-0.05, 0) is 24.6 Å². The van der Waals surface area contributed by atoms with Crippen LogP contribution >= 0.6 is 0 Å². The summed E-state index contributed by atoms with van der Waals surface area (Å²) >= 11 is 0. The van der Waals surface area contributed by atoms with Gasteiger partial charge in [0.15, 0.2) is 6.61 Å². The quantitative estimate of drug-likeness (QED) is 0.866. The zero-order chi connectivity index (χ0) is 13.7. The first-order valence-corrected chi connectivity index (χ1v) is 6.39. The molecule has 1 aliphatic rings. The van der Waals surface area contributed by atoms with Crippen LogP contribution in [0.15, 0.2) is 24.3 Å². The number of benzene rings is 1. The Labute approximate surface area is 112 Å². The van der Waals surface area contributed by atoms with Crippen molar-refractivity contribution in [3.05, 3.63) is 29.8 Å². The van der Waals surface area contributed by atoms with Crippen LogP contribution in [-0.2, 0) is 9.53 Å². The maximum atomic E-state index is 12.0. The van der Waals surface area contributed by atoms with Gasteiger partial charge in [0.05, 0.1) is 19.3 Å². The molecule has 0 aromatic heterocycles. The fourth-order valence-corrected chi connectivity index (χ4v) is 2.00. The maximum Gasteiger partial charge on any atom is 0.260 e. The second-order valence-electron chi connectivity index (χ2n) is 4.62. The van der Waals surface area contributed by atoms with Crippen LogP contribution in [0, 0.1) is 6.92 Å². The number of aliphatic hydroxyl groups excluding tert-OH is 1. The zero-order valence-electron chi connectivity index (χ0n) is 11.0. The largest absolute Gasteiger partial charge is 0.484 e. The lowest BCUT2D eigenvalue weighted by Crippen LogP contribution is -2.48. The highest BCUT2D eigenvalue weighted by Crippen LogP contribution is 2.13. The maximum absolute atomic E-state index is 12.0. The van der Waals surface area contributed by atoms with Crippen molar-refractivity contribution in [2.75, 3.05) is 32.9 Å². The third-order valence-electron chi connectivity index (χ3n) is 3.05. The van der Waals surface area contributed by atoms with E-state index >= 15 is 0 Å². The highest BCUT2D eigenvalue weighted by Gasteiger charge is 2.23. The SMILES string of the molecule is Cc1cccc(OCC(=O)N2CCOC(CO)C2)c1. The average molecular weight is 265 g/mol. The molecule has 1 heterocycles. The molecule has 1 aromatic carbocycles. The molecule has 0 saturated carbocycles. The van der Waals surface area contributed by atoms with E-state index in [-0.39, 0.29) is 25.2 Å². The fourth-order valence-electron chi connectivity index (χ4n) is 2.00. The van der Waals surface area contributed by atoms with Crippen LogP contribution in [0.1, 0.15) is 5.56 Å². The van der Waals surface area contributed by atoms with Gasteiger partial charge in [0, 0.05) is 13.1 Å². The van der Waals surface area contributed by atoms with Gasteiger partial charge in [-0.25, -0.2) is 0 Å². The number of carbonyl (C=O) groups excluding carboxylic acids is 1. The predicted molar refractivity (Wildman–Crippen MR) is 70.1 cm³/mol. The van der Waals surface area contributed by atoms with E-state index in [1.54, 1.807) is 4.90 Å². The van der Waals surface area contributed by atoms with Crippen molar-refractivity contribution in [2.45, 2.75) is 13.0 Å². The van der Waals surface area contributed by atoms with Gasteiger partial charge in [0.1, 0.15) is 5.75 Å². The number of aliphatic hydroxyl groups is 1. The van der Waals surface area contributed by atoms with Gasteiger partial charge >= 0.3 is 0 Å². The summed E-state index contributed by atoms with van der Waals surface area (Å²) in [5, 5.41) is 9.03. The van der Waals surface area contributed by atoms with Crippen LogP contribution in [0.3, 0.4) is 0 Å². The van der Waals surface area contributed by atoms with Gasteiger partial charge in [-0.1, -0.05) is 12.1 Å². The van der Waals surface area contributed by atoms with Crippen LogP contribution < -0.4 is 4.74 Å². The van der Waals surface area contributed by atoms with Crippen molar-refractivity contribution in [1.29, 1.82) is 0 Å². The van der Waals surface area contributed by atoms with E-state index in [4.69, 9.17) is 14.6 Å². The molecular weight excluding hydrogens is 246 g/mol. The lowest BCUT2D eigenvalue weighted by Gasteiger charge is -2.31. The molecule has 19 heavy (non-hydrogen) atoms. The normalized spacial score (nSPS) is 19.3. The molecule has 0 radical (unpaired) electrons. The van der Waals surface area contributed by atoms with Crippen molar-refractivity contribution in [3.8, 4) is 5.75 Å². The van der Waals surface area contributed by atoms with E-state index in [1.165, 1.54) is 0 Å². The van der Waals surface area contributed by atoms with Crippen LogP contribution in [0.2, 0.25) is 0 Å². The fraction of sp³-hybridized carbons (Fsp3) is 0.500. The Morgan fingerprint density at radius 2 is 2.42 bits per heavy atom. The topological polar surface area (TPSA) is 59.0 Å². The molecule has 1 unspecified atom stereocenters. The molecule has 1 fully saturated rings. The molecule has 5 heteroatoms. The smallest absolute Gasteiger partial charge is 0.260 e. The van der Waals surface area contributed by atoms with Crippen LogP contribution in [0.25, 0.3) is 0 Å². The van der Waals surface area contributed by atoms with E-state index < -0.39 is 0 Å². The molecule has 0 spiro atoms. The molecular formula is C14H19NO4. The summed E-state index contributed by atoms with van der Waals surface area (Å²) in [6, 6.07) is 7.59. The standard InChI is InChI=1S/C14H19NO4/c1-11-3-2-4-12(7-11)19-10-14(17)15-5-6-18-13(8-15)9-16/h2-4,7,13,16H,5-6,8-10H2,1H3. The van der Waals surface area contributed by atoms with E-state index in [0.29, 0.717) is 25.4 Å². The number of rotatable bonds is 4. The third-order valence-corrected chi connectivity index (χ3v) is 3.05. The predicted octanol–water partition coefficient (Wildman–Crippen LogP) is 0.594. The molecule has 1 saturated heterocycles. The molecule has 2 rings (SSSR count). The van der Waals surface area contributed by atoms with Crippen molar-refractivity contribution in [2.24, 2.45) is 0 Å². The average Bonchev–Trinajstić information content (AvgIpc) is 2.45. The van der Waals surface area contributed by atoms with E-state index in [2.05, 4.69) is 0 Å². The number of morpholine rings is 1. The van der Waals surface area contributed by atoms with Gasteiger partial charge < -0.3 is 19.5 Å². The van der Waals surface area contributed by atoms with Crippen molar-refractivity contribution in [1.82, 2.24) is 4.90 Å². The lowest BCUT2D eigenvalue weighted by molar-refractivity contribution is -0.142. The number of ether oxygens (including phenoxy) is 2. The number of carbonyl (C=O) groups is 1. The molecule has 0 aliphatic carbocycles. The highest BCUT2D eigenvalue weighted by atomic mass is 16.5. The first kappa shape index (κ1) is 13.8. The minimum absolute atomic E-state index is 0.0155. The first-order valence-electron chi connectivity index (χ1n) is 6.39. The molecule has 5 nitrogen and oxygen atoms in total. The van der Waals surface area contributed by atoms with Gasteiger partial charge in [-0.15, -0.1) is 0 Å². The van der Waals surface area contributed by atoms with Gasteiger partial charge in [-0.3, -0.25) is 4.79 Å². The summed E-state index contributed by atoms with van der Waals surface area (Å²) in [4.78, 5) is 13.6. The Morgan fingerprint density at radius 1 is 1.58 bits per heavy atom. The minimum atomic E-state index is -0.281. The summed E-state index contributed by atoms with van der Waals surface area (Å²) in [6.45, 7) is 3.35. The van der Waals surface area contributed by atoms with Crippen molar-refractivity contribution < 1.29 is 19.4 Å². The molecule has 1 aromatic rings. The third kappa shape index (κ3) is 3.94. The number of hydrogen-bond acceptors (Lipinski definition) is 4. The molecule has 1 N–H and O–H groups in total. The Kier molecular flexibility index (Phi) is 4.76. The highest BCUT2D eigenvalue weighted by molar-refractivity contribution is 5.77. The minimum Gasteiger partial charge on any atom is -0.484 e. The molecule has 104 valence electrons. The van der Waals surface area contributed by atoms with E-state index in [9.17, 15) is 4.79 Å². The van der Waals surface area contributed by atoms with E-state index in [1.807, 2.05) is 31.2 Å². The first-order chi connectivity index (χ1) is 9.19. The van der Waals surface area contributed by atoms with Gasteiger partial charge in [0.2, 0.25) is 0 Å². The Bertz CT molecular complexity index is 435. The van der Waals surface area contributed by atoms with Crippen LogP contribution in [0.4, 0.5) is 0 Å². The monoisotopic (exact) mass is 265 g/mol. The van der Waals surface area contributed by atoms with Gasteiger partial charge in [0.25, 0.3) is 5.91 Å². The second kappa shape index (κ2) is 6.54. The number of aryl methyl sites for hydroxylation is 1. The van der Waals surface area contributed by atoms with Crippen LogP contribution in [0.5, 0.6) is 5.75 Å². The Morgan fingerprint density at radius 3 is 3.16 bits per heavy atom. The zero-order valence-corrected chi connectivity index (χ0v) is 11.0. The Hall–Kier alpha value is -1.59. The second-order valence-corrected chi connectivity index (χ2v) is 4.62. The summed E-state index contributed by atoms with van der Waals surface area (Å²) in [7, 11) is 0. The van der Waals surface area contributed by atoms with E-state index in [0.717, 1.165) is 5.56 Å². The molecule has 1 atom stereocenters.